The van der Waals surface area contributed by atoms with Gasteiger partial charge in [0.25, 0.3) is 0 Å². The zero-order valence-electron chi connectivity index (χ0n) is 9.60. The van der Waals surface area contributed by atoms with E-state index in [1.54, 1.807) is 11.3 Å². The zero-order valence-corrected chi connectivity index (χ0v) is 10.4. The number of aromatic amines is 1. The van der Waals surface area contributed by atoms with Crippen LogP contribution in [0.15, 0.2) is 41.8 Å². The van der Waals surface area contributed by atoms with Gasteiger partial charge in [-0.05, 0) is 24.4 Å². The molecule has 0 aliphatic carbocycles. The minimum absolute atomic E-state index is 0.0360. The number of benzene rings is 1. The Bertz CT molecular complexity index is 637. The minimum Gasteiger partial charge on any atom is -0.358 e. The SMILES string of the molecule is Cc1[nH]c2ccccc2c1[C@@H](N)c1cccs1. The summed E-state index contributed by atoms with van der Waals surface area (Å²) in [6.45, 7) is 2.09. The molecule has 0 unspecified atom stereocenters. The summed E-state index contributed by atoms with van der Waals surface area (Å²) in [6, 6.07) is 12.4. The number of aromatic nitrogens is 1. The molecule has 3 N–H and O–H groups in total. The van der Waals surface area contributed by atoms with Crippen LogP contribution in [-0.2, 0) is 0 Å². The fourth-order valence-electron chi connectivity index (χ4n) is 2.31. The van der Waals surface area contributed by atoms with Crippen molar-refractivity contribution >= 4 is 22.2 Å². The summed E-state index contributed by atoms with van der Waals surface area (Å²) in [4.78, 5) is 4.60. The smallest absolute Gasteiger partial charge is 0.0669 e. The maximum atomic E-state index is 6.36. The van der Waals surface area contributed by atoms with Gasteiger partial charge in [-0.25, -0.2) is 0 Å². The Balaban J connectivity index is 2.20. The summed E-state index contributed by atoms with van der Waals surface area (Å²) < 4.78 is 0. The molecule has 1 atom stereocenters. The van der Waals surface area contributed by atoms with E-state index in [1.807, 2.05) is 12.1 Å². The normalized spacial score (nSPS) is 13.1. The number of hydrogen-bond acceptors (Lipinski definition) is 2. The Morgan fingerprint density at radius 3 is 2.76 bits per heavy atom. The van der Waals surface area contributed by atoms with E-state index >= 15 is 0 Å². The highest BCUT2D eigenvalue weighted by Crippen LogP contribution is 2.31. The fraction of sp³-hybridized carbons (Fsp3) is 0.143. The molecule has 0 spiro atoms. The van der Waals surface area contributed by atoms with Crippen LogP contribution in [0.25, 0.3) is 10.9 Å². The van der Waals surface area contributed by atoms with E-state index in [9.17, 15) is 0 Å². The van der Waals surface area contributed by atoms with Gasteiger partial charge in [-0.1, -0.05) is 24.3 Å². The van der Waals surface area contributed by atoms with Crippen LogP contribution in [0.2, 0.25) is 0 Å². The molecular formula is C14H14N2S. The third-order valence-corrected chi connectivity index (χ3v) is 4.06. The Morgan fingerprint density at radius 1 is 1.18 bits per heavy atom. The number of aryl methyl sites for hydroxylation is 1. The molecule has 2 nitrogen and oxygen atoms in total. The number of rotatable bonds is 2. The Labute approximate surface area is 104 Å². The van der Waals surface area contributed by atoms with Crippen molar-refractivity contribution in [3.63, 3.8) is 0 Å². The molecule has 17 heavy (non-hydrogen) atoms. The molecule has 2 heterocycles. The molecule has 3 heteroatoms. The molecule has 3 aromatic rings. The van der Waals surface area contributed by atoms with Crippen molar-refractivity contribution in [1.82, 2.24) is 4.98 Å². The van der Waals surface area contributed by atoms with E-state index in [1.165, 1.54) is 15.8 Å². The lowest BCUT2D eigenvalue weighted by Crippen LogP contribution is -2.10. The summed E-state index contributed by atoms with van der Waals surface area (Å²) in [5.74, 6) is 0. The molecule has 0 aliphatic rings. The number of H-pyrrole nitrogens is 1. The van der Waals surface area contributed by atoms with E-state index in [-0.39, 0.29) is 6.04 Å². The third-order valence-electron chi connectivity index (χ3n) is 3.10. The van der Waals surface area contributed by atoms with Gasteiger partial charge in [0.1, 0.15) is 0 Å². The van der Waals surface area contributed by atoms with Crippen molar-refractivity contribution in [2.45, 2.75) is 13.0 Å². The molecule has 0 amide bonds. The van der Waals surface area contributed by atoms with Crippen LogP contribution in [0.1, 0.15) is 22.2 Å². The largest absolute Gasteiger partial charge is 0.358 e. The maximum absolute atomic E-state index is 6.36. The second-order valence-electron chi connectivity index (χ2n) is 4.20. The van der Waals surface area contributed by atoms with Crippen LogP contribution in [0.3, 0.4) is 0 Å². The van der Waals surface area contributed by atoms with Crippen molar-refractivity contribution in [2.24, 2.45) is 5.73 Å². The van der Waals surface area contributed by atoms with Gasteiger partial charge in [-0.15, -0.1) is 11.3 Å². The Hall–Kier alpha value is -1.58. The molecular weight excluding hydrogens is 228 g/mol. The second kappa shape index (κ2) is 4.02. The zero-order chi connectivity index (χ0) is 11.8. The van der Waals surface area contributed by atoms with Crippen LogP contribution in [0.5, 0.6) is 0 Å². The molecule has 0 saturated carbocycles. The predicted molar refractivity (Wildman–Crippen MR) is 73.4 cm³/mol. The Kier molecular flexibility index (Phi) is 2.50. The maximum Gasteiger partial charge on any atom is 0.0669 e. The lowest BCUT2D eigenvalue weighted by Gasteiger charge is -2.10. The van der Waals surface area contributed by atoms with Gasteiger partial charge in [0.15, 0.2) is 0 Å². The van der Waals surface area contributed by atoms with Gasteiger partial charge in [0, 0.05) is 27.0 Å². The van der Waals surface area contributed by atoms with E-state index in [2.05, 4.69) is 41.6 Å². The van der Waals surface area contributed by atoms with Crippen LogP contribution in [0.4, 0.5) is 0 Å². The monoisotopic (exact) mass is 242 g/mol. The molecule has 0 aliphatic heterocycles. The highest BCUT2D eigenvalue weighted by atomic mass is 32.1. The fourth-order valence-corrected chi connectivity index (χ4v) is 3.05. The lowest BCUT2D eigenvalue weighted by atomic mass is 10.0. The van der Waals surface area contributed by atoms with Gasteiger partial charge < -0.3 is 10.7 Å². The second-order valence-corrected chi connectivity index (χ2v) is 5.18. The topological polar surface area (TPSA) is 41.8 Å². The molecule has 86 valence electrons. The lowest BCUT2D eigenvalue weighted by molar-refractivity contribution is 0.889. The number of thiophene rings is 1. The van der Waals surface area contributed by atoms with E-state index in [0.29, 0.717) is 0 Å². The van der Waals surface area contributed by atoms with Crippen LogP contribution >= 0.6 is 11.3 Å². The highest BCUT2D eigenvalue weighted by Gasteiger charge is 2.17. The van der Waals surface area contributed by atoms with Crippen molar-refractivity contribution in [3.05, 3.63) is 57.9 Å². The van der Waals surface area contributed by atoms with E-state index in [4.69, 9.17) is 5.73 Å². The van der Waals surface area contributed by atoms with Gasteiger partial charge in [0.05, 0.1) is 6.04 Å². The number of fused-ring (bicyclic) bond motifs is 1. The quantitative estimate of drug-likeness (QED) is 0.708. The summed E-state index contributed by atoms with van der Waals surface area (Å²) in [6.07, 6.45) is 0. The first-order valence-electron chi connectivity index (χ1n) is 5.63. The molecule has 2 aromatic heterocycles. The molecule has 0 fully saturated rings. The standard InChI is InChI=1S/C14H14N2S/c1-9-13(14(15)12-7-4-8-17-12)10-5-2-3-6-11(10)16-9/h2-8,14,16H,15H2,1H3/t14-/m0/s1. The van der Waals surface area contributed by atoms with Gasteiger partial charge in [0.2, 0.25) is 0 Å². The van der Waals surface area contributed by atoms with Gasteiger partial charge >= 0.3 is 0 Å². The molecule has 1 aromatic carbocycles. The predicted octanol–water partition coefficient (Wildman–Crippen LogP) is 3.59. The van der Waals surface area contributed by atoms with Crippen LogP contribution in [0, 0.1) is 6.92 Å². The number of para-hydroxylation sites is 1. The molecule has 0 radical (unpaired) electrons. The van der Waals surface area contributed by atoms with Crippen LogP contribution in [-0.4, -0.2) is 4.98 Å². The summed E-state index contributed by atoms with van der Waals surface area (Å²) in [5.41, 5.74) is 9.89. The van der Waals surface area contributed by atoms with Crippen molar-refractivity contribution in [1.29, 1.82) is 0 Å². The van der Waals surface area contributed by atoms with Crippen LogP contribution < -0.4 is 5.73 Å². The highest BCUT2D eigenvalue weighted by molar-refractivity contribution is 7.10. The average molecular weight is 242 g/mol. The first kappa shape index (κ1) is 10.6. The Morgan fingerprint density at radius 2 is 2.00 bits per heavy atom. The molecule has 0 bridgehead atoms. The van der Waals surface area contributed by atoms with Crippen molar-refractivity contribution < 1.29 is 0 Å². The molecule has 0 saturated heterocycles. The van der Waals surface area contributed by atoms with E-state index < -0.39 is 0 Å². The summed E-state index contributed by atoms with van der Waals surface area (Å²) in [5, 5.41) is 3.30. The average Bonchev–Trinajstić information content (AvgIpc) is 2.94. The minimum atomic E-state index is -0.0360. The first-order valence-corrected chi connectivity index (χ1v) is 6.51. The van der Waals surface area contributed by atoms with Crippen molar-refractivity contribution in [3.8, 4) is 0 Å². The summed E-state index contributed by atoms with van der Waals surface area (Å²) >= 11 is 1.71. The van der Waals surface area contributed by atoms with Gasteiger partial charge in [-0.3, -0.25) is 0 Å². The molecule has 3 rings (SSSR count). The number of hydrogen-bond donors (Lipinski definition) is 2. The first-order chi connectivity index (χ1) is 8.27. The third kappa shape index (κ3) is 1.68. The number of nitrogens with one attached hydrogen (secondary N) is 1. The van der Waals surface area contributed by atoms with Crippen molar-refractivity contribution in [2.75, 3.05) is 0 Å². The number of nitrogens with two attached hydrogens (primary N) is 1. The summed E-state index contributed by atoms with van der Waals surface area (Å²) in [7, 11) is 0. The van der Waals surface area contributed by atoms with Gasteiger partial charge in [-0.2, -0.15) is 0 Å². The van der Waals surface area contributed by atoms with E-state index in [0.717, 1.165) is 11.2 Å².